The highest BCUT2D eigenvalue weighted by Gasteiger charge is 2.32. The highest BCUT2D eigenvalue weighted by Crippen LogP contribution is 2.32. The first-order valence-corrected chi connectivity index (χ1v) is 10.9. The lowest BCUT2D eigenvalue weighted by Gasteiger charge is -2.34. The summed E-state index contributed by atoms with van der Waals surface area (Å²) < 4.78 is 37.2. The zero-order chi connectivity index (χ0) is 24.2. The minimum absolute atomic E-state index is 0.0526. The summed E-state index contributed by atoms with van der Waals surface area (Å²) in [5.74, 6) is -0.319. The summed E-state index contributed by atoms with van der Waals surface area (Å²) in [6, 6.07) is 2.75. The monoisotopic (exact) mass is 472 g/mol. The third-order valence-corrected chi connectivity index (χ3v) is 5.88. The van der Waals surface area contributed by atoms with Crippen molar-refractivity contribution in [2.24, 2.45) is 0 Å². The molecule has 0 unspecified atom stereocenters. The van der Waals surface area contributed by atoms with Crippen molar-refractivity contribution < 1.29 is 18.6 Å². The van der Waals surface area contributed by atoms with E-state index in [-0.39, 0.29) is 30.6 Å². The van der Waals surface area contributed by atoms with Gasteiger partial charge in [-0.25, -0.2) is 18.7 Å². The molecular weight excluding hydrogens is 446 g/mol. The molecule has 1 aromatic carbocycles. The molecule has 12 heteroatoms. The van der Waals surface area contributed by atoms with Gasteiger partial charge in [0, 0.05) is 36.7 Å². The van der Waals surface area contributed by atoms with Crippen LogP contribution in [0, 0.1) is 5.82 Å². The standard InChI is InChI=1S/C22H26F2N8O2/c1-22(2,33)11-31-10-14(7-26-31)30-8-12(4-13(23)9-30)19-28-20-15-5-16(24)18(34-3)6-17(15)27-21(25)32(20)29-19/h5-7,10,12-13,33H,4,8-9,11H2,1-3H3,(H2,25,27)/t12-,13+/m0/s1. The van der Waals surface area contributed by atoms with Crippen molar-refractivity contribution in [1.82, 2.24) is 29.4 Å². The molecule has 0 radical (unpaired) electrons. The number of piperidine rings is 1. The number of aliphatic hydroxyl groups is 1. The number of rotatable bonds is 5. The molecule has 4 heterocycles. The topological polar surface area (TPSA) is 120 Å². The predicted octanol–water partition coefficient (Wildman–Crippen LogP) is 2.31. The van der Waals surface area contributed by atoms with E-state index in [1.54, 1.807) is 30.9 Å². The SMILES string of the molecule is COc1cc2nc(N)n3nc([C@H]4C[C@@H](F)CN(c5cnn(CC(C)(C)O)c5)C4)nc3c2cc1F. The molecule has 2 atom stereocenters. The predicted molar refractivity (Wildman–Crippen MR) is 122 cm³/mol. The lowest BCUT2D eigenvalue weighted by Crippen LogP contribution is -2.41. The van der Waals surface area contributed by atoms with Gasteiger partial charge in [0.05, 0.1) is 36.7 Å². The molecule has 1 fully saturated rings. The number of nitrogen functional groups attached to an aromatic ring is 1. The maximum Gasteiger partial charge on any atom is 0.223 e. The molecule has 10 nitrogen and oxygen atoms in total. The first-order chi connectivity index (χ1) is 16.1. The molecule has 3 N–H and O–H groups in total. The van der Waals surface area contributed by atoms with E-state index in [0.717, 1.165) is 5.69 Å². The van der Waals surface area contributed by atoms with Crippen LogP contribution in [0.1, 0.15) is 32.0 Å². The van der Waals surface area contributed by atoms with Crippen LogP contribution in [-0.4, -0.2) is 66.4 Å². The van der Waals surface area contributed by atoms with E-state index in [4.69, 9.17) is 10.5 Å². The van der Waals surface area contributed by atoms with Crippen molar-refractivity contribution in [2.45, 2.75) is 44.5 Å². The number of ether oxygens (including phenoxy) is 1. The van der Waals surface area contributed by atoms with Gasteiger partial charge in [0.15, 0.2) is 23.0 Å². The first-order valence-electron chi connectivity index (χ1n) is 10.9. The number of aromatic nitrogens is 6. The van der Waals surface area contributed by atoms with Gasteiger partial charge >= 0.3 is 0 Å². The van der Waals surface area contributed by atoms with Gasteiger partial charge in [0.2, 0.25) is 5.95 Å². The number of anilines is 2. The Hall–Kier alpha value is -3.54. The van der Waals surface area contributed by atoms with Gasteiger partial charge in [-0.1, -0.05) is 0 Å². The smallest absolute Gasteiger partial charge is 0.223 e. The average molecular weight is 473 g/mol. The summed E-state index contributed by atoms with van der Waals surface area (Å²) in [5, 5.41) is 19.3. The van der Waals surface area contributed by atoms with Crippen molar-refractivity contribution in [2.75, 3.05) is 30.8 Å². The Kier molecular flexibility index (Phi) is 5.27. The van der Waals surface area contributed by atoms with Crippen molar-refractivity contribution >= 4 is 28.2 Å². The van der Waals surface area contributed by atoms with Gasteiger partial charge in [-0.05, 0) is 26.3 Å². The number of fused-ring (bicyclic) bond motifs is 3. The van der Waals surface area contributed by atoms with Crippen molar-refractivity contribution in [3.05, 3.63) is 36.2 Å². The summed E-state index contributed by atoms with van der Waals surface area (Å²) in [7, 11) is 1.37. The van der Waals surface area contributed by atoms with Crippen LogP contribution in [0.2, 0.25) is 0 Å². The second-order valence-electron chi connectivity index (χ2n) is 9.32. The molecule has 0 bridgehead atoms. The van der Waals surface area contributed by atoms with Gasteiger partial charge in [0.25, 0.3) is 0 Å². The van der Waals surface area contributed by atoms with Gasteiger partial charge < -0.3 is 20.5 Å². The van der Waals surface area contributed by atoms with Gasteiger partial charge in [-0.15, -0.1) is 5.10 Å². The third kappa shape index (κ3) is 4.09. The second kappa shape index (κ2) is 8.05. The van der Waals surface area contributed by atoms with Crippen LogP contribution in [-0.2, 0) is 6.54 Å². The largest absolute Gasteiger partial charge is 0.494 e. The van der Waals surface area contributed by atoms with E-state index < -0.39 is 17.6 Å². The fourth-order valence-corrected chi connectivity index (χ4v) is 4.41. The van der Waals surface area contributed by atoms with Crippen LogP contribution >= 0.6 is 0 Å². The zero-order valence-corrected chi connectivity index (χ0v) is 19.1. The van der Waals surface area contributed by atoms with Gasteiger partial charge in [-0.3, -0.25) is 4.68 Å². The van der Waals surface area contributed by atoms with Crippen molar-refractivity contribution in [1.29, 1.82) is 0 Å². The number of nitrogens with zero attached hydrogens (tertiary/aromatic N) is 7. The number of hydrogen-bond acceptors (Lipinski definition) is 8. The summed E-state index contributed by atoms with van der Waals surface area (Å²) in [4.78, 5) is 10.8. The molecular formula is C22H26F2N8O2. The Balaban J connectivity index is 1.48. The van der Waals surface area contributed by atoms with Crippen LogP contribution in [0.5, 0.6) is 5.75 Å². The van der Waals surface area contributed by atoms with Crippen molar-refractivity contribution in [3.8, 4) is 5.75 Å². The molecule has 5 rings (SSSR count). The summed E-state index contributed by atoms with van der Waals surface area (Å²) >= 11 is 0. The number of halogens is 2. The number of nitrogens with two attached hydrogens (primary N) is 1. The molecule has 0 aliphatic carbocycles. The lowest BCUT2D eigenvalue weighted by atomic mass is 9.96. The maximum atomic E-state index is 14.8. The van der Waals surface area contributed by atoms with E-state index in [1.165, 1.54) is 23.8 Å². The number of benzene rings is 1. The molecule has 34 heavy (non-hydrogen) atoms. The highest BCUT2D eigenvalue weighted by molar-refractivity contribution is 5.93. The molecule has 1 saturated heterocycles. The quantitative estimate of drug-likeness (QED) is 0.454. The van der Waals surface area contributed by atoms with Crippen LogP contribution in [0.15, 0.2) is 24.5 Å². The number of alkyl halides is 1. The Morgan fingerprint density at radius 1 is 1.26 bits per heavy atom. The minimum Gasteiger partial charge on any atom is -0.494 e. The van der Waals surface area contributed by atoms with Gasteiger partial charge in [0.1, 0.15) is 6.17 Å². The van der Waals surface area contributed by atoms with E-state index >= 15 is 0 Å². The van der Waals surface area contributed by atoms with E-state index in [2.05, 4.69) is 20.2 Å². The van der Waals surface area contributed by atoms with E-state index in [1.807, 2.05) is 4.90 Å². The van der Waals surface area contributed by atoms with E-state index in [9.17, 15) is 13.9 Å². The Morgan fingerprint density at radius 2 is 2.06 bits per heavy atom. The molecule has 0 amide bonds. The zero-order valence-electron chi connectivity index (χ0n) is 19.1. The van der Waals surface area contributed by atoms with Crippen LogP contribution in [0.4, 0.5) is 20.4 Å². The Bertz CT molecular complexity index is 1360. The van der Waals surface area contributed by atoms with Crippen molar-refractivity contribution in [3.63, 3.8) is 0 Å². The molecule has 180 valence electrons. The van der Waals surface area contributed by atoms with E-state index in [0.29, 0.717) is 35.5 Å². The average Bonchev–Trinajstić information content (AvgIpc) is 3.40. The van der Waals surface area contributed by atoms with Crippen LogP contribution in [0.25, 0.3) is 16.6 Å². The molecule has 4 aromatic rings. The first kappa shape index (κ1) is 22.3. The summed E-state index contributed by atoms with van der Waals surface area (Å²) in [6.07, 6.45) is 2.59. The van der Waals surface area contributed by atoms with Crippen LogP contribution in [0.3, 0.4) is 0 Å². The second-order valence-corrected chi connectivity index (χ2v) is 9.32. The Labute approximate surface area is 194 Å². The summed E-state index contributed by atoms with van der Waals surface area (Å²) in [6.45, 7) is 4.40. The molecule has 1 aliphatic heterocycles. The molecule has 3 aromatic heterocycles. The molecule has 0 saturated carbocycles. The number of hydrogen-bond donors (Lipinski definition) is 2. The lowest BCUT2D eigenvalue weighted by molar-refractivity contribution is 0.0577. The fourth-order valence-electron chi connectivity index (χ4n) is 4.41. The number of methoxy groups -OCH3 is 1. The Morgan fingerprint density at radius 3 is 2.79 bits per heavy atom. The normalized spacial score (nSPS) is 19.3. The van der Waals surface area contributed by atoms with Crippen LogP contribution < -0.4 is 15.4 Å². The molecule has 0 spiro atoms. The summed E-state index contributed by atoms with van der Waals surface area (Å²) in [5.41, 5.74) is 6.70. The molecule has 1 aliphatic rings. The third-order valence-electron chi connectivity index (χ3n) is 5.88. The highest BCUT2D eigenvalue weighted by atomic mass is 19.1. The maximum absolute atomic E-state index is 14.8. The fraction of sp³-hybridized carbons (Fsp3) is 0.455. The van der Waals surface area contributed by atoms with Gasteiger partial charge in [-0.2, -0.15) is 9.61 Å². The minimum atomic E-state index is -1.10.